The maximum Gasteiger partial charge on any atom is 0.253 e. The average Bonchev–Trinajstić information content (AvgIpc) is 2.61. The van der Waals surface area contributed by atoms with E-state index in [9.17, 15) is 13.2 Å². The van der Waals surface area contributed by atoms with Gasteiger partial charge in [-0.05, 0) is 43.3 Å². The van der Waals surface area contributed by atoms with Crippen LogP contribution in [0.3, 0.4) is 0 Å². The zero-order valence-corrected chi connectivity index (χ0v) is 16.9. The van der Waals surface area contributed by atoms with Crippen molar-refractivity contribution in [3.8, 4) is 11.5 Å². The van der Waals surface area contributed by atoms with Gasteiger partial charge in [0.05, 0.1) is 37.1 Å². The molecule has 0 saturated carbocycles. The van der Waals surface area contributed by atoms with Crippen LogP contribution in [0.2, 0.25) is 5.02 Å². The van der Waals surface area contributed by atoms with Gasteiger partial charge in [0.25, 0.3) is 5.91 Å². The summed E-state index contributed by atoms with van der Waals surface area (Å²) in [6, 6.07) is 9.19. The van der Waals surface area contributed by atoms with Gasteiger partial charge in [0.1, 0.15) is 11.5 Å². The van der Waals surface area contributed by atoms with Crippen LogP contribution in [0.25, 0.3) is 0 Å². The number of carbonyl (C=O) groups excluding carboxylic acids is 1. The minimum absolute atomic E-state index is 0.152. The molecule has 1 amide bonds. The maximum atomic E-state index is 12.7. The number of rotatable bonds is 7. The number of methoxy groups -OCH3 is 2. The van der Waals surface area contributed by atoms with Crippen LogP contribution in [0, 0.1) is 0 Å². The molecule has 0 radical (unpaired) electrons. The lowest BCUT2D eigenvalue weighted by Gasteiger charge is -2.19. The van der Waals surface area contributed by atoms with Gasteiger partial charge in [0, 0.05) is 11.3 Å². The molecule has 146 valence electrons. The number of carbonyl (C=O) groups is 1. The molecule has 0 unspecified atom stereocenters. The summed E-state index contributed by atoms with van der Waals surface area (Å²) in [4.78, 5) is 12.7. The van der Waals surface area contributed by atoms with Gasteiger partial charge >= 0.3 is 0 Å². The lowest BCUT2D eigenvalue weighted by Crippen LogP contribution is -2.27. The van der Waals surface area contributed by atoms with Crippen LogP contribution in [-0.2, 0) is 10.0 Å². The normalized spacial score (nSPS) is 12.2. The van der Waals surface area contributed by atoms with Crippen LogP contribution in [0.5, 0.6) is 11.5 Å². The summed E-state index contributed by atoms with van der Waals surface area (Å²) in [5.74, 6) is 0.779. The van der Waals surface area contributed by atoms with Crippen LogP contribution in [0.1, 0.15) is 28.9 Å². The topological polar surface area (TPSA) is 93.7 Å². The number of halogens is 1. The third-order valence-corrected chi connectivity index (χ3v) is 4.70. The summed E-state index contributed by atoms with van der Waals surface area (Å²) in [5.41, 5.74) is 1.13. The molecule has 2 rings (SSSR count). The van der Waals surface area contributed by atoms with E-state index in [2.05, 4.69) is 10.0 Å². The second kappa shape index (κ2) is 8.49. The van der Waals surface area contributed by atoms with E-state index in [0.717, 1.165) is 11.8 Å². The molecule has 0 fully saturated rings. The molecule has 7 nitrogen and oxygen atoms in total. The summed E-state index contributed by atoms with van der Waals surface area (Å²) in [6.07, 6.45) is 1.03. The lowest BCUT2D eigenvalue weighted by atomic mass is 10.1. The van der Waals surface area contributed by atoms with E-state index in [4.69, 9.17) is 21.1 Å². The minimum Gasteiger partial charge on any atom is -0.497 e. The van der Waals surface area contributed by atoms with Gasteiger partial charge in [-0.3, -0.25) is 9.52 Å². The molecule has 2 aromatic rings. The molecule has 0 bridgehead atoms. The summed E-state index contributed by atoms with van der Waals surface area (Å²) in [7, 11) is -0.381. The number of ether oxygens (including phenoxy) is 2. The molecule has 0 heterocycles. The van der Waals surface area contributed by atoms with Crippen molar-refractivity contribution in [2.24, 2.45) is 0 Å². The molecular formula is C18H21ClN2O5S. The molecule has 0 aliphatic rings. The van der Waals surface area contributed by atoms with Crippen molar-refractivity contribution in [3.05, 3.63) is 52.5 Å². The molecule has 2 N–H and O–H groups in total. The second-order valence-electron chi connectivity index (χ2n) is 5.87. The molecule has 0 aromatic heterocycles. The Morgan fingerprint density at radius 2 is 1.81 bits per heavy atom. The molecule has 0 aliphatic heterocycles. The van der Waals surface area contributed by atoms with Crippen molar-refractivity contribution in [2.45, 2.75) is 13.0 Å². The number of anilines is 1. The highest BCUT2D eigenvalue weighted by Gasteiger charge is 2.18. The Hall–Kier alpha value is -2.45. The highest BCUT2D eigenvalue weighted by molar-refractivity contribution is 7.92. The van der Waals surface area contributed by atoms with E-state index in [1.54, 1.807) is 32.2 Å². The van der Waals surface area contributed by atoms with Gasteiger partial charge in [-0.25, -0.2) is 8.42 Å². The summed E-state index contributed by atoms with van der Waals surface area (Å²) in [6.45, 7) is 1.79. The largest absolute Gasteiger partial charge is 0.497 e. The fourth-order valence-corrected chi connectivity index (χ4v) is 3.27. The summed E-state index contributed by atoms with van der Waals surface area (Å²) >= 11 is 6.12. The number of sulfonamides is 1. The number of hydrogen-bond acceptors (Lipinski definition) is 5. The van der Waals surface area contributed by atoms with Crippen LogP contribution in [0.15, 0.2) is 36.4 Å². The molecule has 0 spiro atoms. The third kappa shape index (κ3) is 5.51. The molecule has 27 heavy (non-hydrogen) atoms. The fourth-order valence-electron chi connectivity index (χ4n) is 2.51. The van der Waals surface area contributed by atoms with Gasteiger partial charge in [-0.15, -0.1) is 0 Å². The zero-order chi connectivity index (χ0) is 20.2. The van der Waals surface area contributed by atoms with Gasteiger partial charge in [-0.1, -0.05) is 11.6 Å². The second-order valence-corrected chi connectivity index (χ2v) is 8.03. The maximum absolute atomic E-state index is 12.7. The predicted octanol–water partition coefficient (Wildman–Crippen LogP) is 3.22. The molecule has 0 aliphatic carbocycles. The predicted molar refractivity (Wildman–Crippen MR) is 105 cm³/mol. The fraction of sp³-hybridized carbons (Fsp3) is 0.278. The van der Waals surface area contributed by atoms with Crippen LogP contribution < -0.4 is 19.5 Å². The van der Waals surface area contributed by atoms with Crippen molar-refractivity contribution >= 4 is 33.2 Å². The lowest BCUT2D eigenvalue weighted by molar-refractivity contribution is 0.0939. The first kappa shape index (κ1) is 20.9. The van der Waals surface area contributed by atoms with E-state index in [1.165, 1.54) is 25.3 Å². The van der Waals surface area contributed by atoms with Gasteiger partial charge < -0.3 is 14.8 Å². The first-order chi connectivity index (χ1) is 12.6. The summed E-state index contributed by atoms with van der Waals surface area (Å²) < 4.78 is 35.7. The zero-order valence-electron chi connectivity index (χ0n) is 15.4. The molecule has 2 aromatic carbocycles. The van der Waals surface area contributed by atoms with Crippen LogP contribution >= 0.6 is 11.6 Å². The Kier molecular flexibility index (Phi) is 6.56. The molecular weight excluding hydrogens is 392 g/mol. The smallest absolute Gasteiger partial charge is 0.253 e. The van der Waals surface area contributed by atoms with Gasteiger partial charge in [-0.2, -0.15) is 0 Å². The highest BCUT2D eigenvalue weighted by atomic mass is 35.5. The Balaban J connectivity index is 2.28. The van der Waals surface area contributed by atoms with Gasteiger partial charge in [0.2, 0.25) is 10.0 Å². The van der Waals surface area contributed by atoms with Crippen molar-refractivity contribution in [2.75, 3.05) is 25.2 Å². The van der Waals surface area contributed by atoms with Crippen molar-refractivity contribution in [1.82, 2.24) is 5.32 Å². The van der Waals surface area contributed by atoms with Crippen LogP contribution in [0.4, 0.5) is 5.69 Å². The van der Waals surface area contributed by atoms with Crippen molar-refractivity contribution in [1.29, 1.82) is 0 Å². The Morgan fingerprint density at radius 3 is 2.41 bits per heavy atom. The van der Waals surface area contributed by atoms with Crippen molar-refractivity contribution in [3.63, 3.8) is 0 Å². The number of amides is 1. The Labute approximate surface area is 163 Å². The monoisotopic (exact) mass is 412 g/mol. The molecule has 0 saturated heterocycles. The summed E-state index contributed by atoms with van der Waals surface area (Å²) in [5, 5.41) is 3.04. The number of benzene rings is 2. The van der Waals surface area contributed by atoms with Crippen LogP contribution in [-0.4, -0.2) is 34.8 Å². The average molecular weight is 413 g/mol. The minimum atomic E-state index is -3.47. The van der Waals surface area contributed by atoms with E-state index in [-0.39, 0.29) is 16.3 Å². The standard InChI is InChI=1S/C18H21ClN2O5S/c1-11(14-10-13(25-2)6-8-17(14)26-3)20-18(22)15-9-12(5-7-16(15)19)21-27(4,23)24/h5-11,21H,1-4H3,(H,20,22)/t11-/m1/s1. The van der Waals surface area contributed by atoms with Gasteiger partial charge in [0.15, 0.2) is 0 Å². The number of hydrogen-bond donors (Lipinski definition) is 2. The first-order valence-corrected chi connectivity index (χ1v) is 10.2. The third-order valence-electron chi connectivity index (χ3n) is 3.77. The van der Waals surface area contributed by atoms with E-state index in [1.807, 2.05) is 0 Å². The SMILES string of the molecule is COc1ccc(OC)c([C@@H](C)NC(=O)c2cc(NS(C)(=O)=O)ccc2Cl)c1. The van der Waals surface area contributed by atoms with E-state index >= 15 is 0 Å². The Bertz CT molecular complexity index is 947. The molecule has 1 atom stereocenters. The first-order valence-electron chi connectivity index (χ1n) is 7.94. The Morgan fingerprint density at radius 1 is 1.11 bits per heavy atom. The highest BCUT2D eigenvalue weighted by Crippen LogP contribution is 2.30. The quantitative estimate of drug-likeness (QED) is 0.728. The molecule has 9 heteroatoms. The van der Waals surface area contributed by atoms with E-state index < -0.39 is 22.0 Å². The number of nitrogens with one attached hydrogen (secondary N) is 2. The van der Waals surface area contributed by atoms with E-state index in [0.29, 0.717) is 11.5 Å². The van der Waals surface area contributed by atoms with Crippen molar-refractivity contribution < 1.29 is 22.7 Å².